The lowest BCUT2D eigenvalue weighted by Gasteiger charge is -2.40. The molecule has 2 aliphatic heterocycles. The van der Waals surface area contributed by atoms with Crippen molar-refractivity contribution in [1.82, 2.24) is 0 Å². The number of benzene rings is 4. The van der Waals surface area contributed by atoms with Crippen LogP contribution in [0.1, 0.15) is 43.7 Å². The topological polar surface area (TPSA) is 18.5 Å². The van der Waals surface area contributed by atoms with Crippen molar-refractivity contribution in [2.45, 2.75) is 38.4 Å². The van der Waals surface area contributed by atoms with Crippen LogP contribution >= 0.6 is 0 Å². The van der Waals surface area contributed by atoms with Crippen molar-refractivity contribution in [3.05, 3.63) is 95.6 Å². The van der Waals surface area contributed by atoms with Gasteiger partial charge < -0.3 is 9.47 Å². The number of fused-ring (bicyclic) bond motifs is 6. The van der Waals surface area contributed by atoms with Crippen LogP contribution in [-0.2, 0) is 0 Å². The largest absolute Gasteiger partial charge is 0.444 e. The molecule has 0 saturated carbocycles. The lowest BCUT2D eigenvalue weighted by Crippen LogP contribution is -2.45. The van der Waals surface area contributed by atoms with Crippen molar-refractivity contribution < 1.29 is 9.47 Å². The molecule has 0 aromatic heterocycles. The van der Waals surface area contributed by atoms with E-state index in [2.05, 4.69) is 97.9 Å². The minimum Gasteiger partial charge on any atom is -0.444 e. The Morgan fingerprint density at radius 1 is 0.750 bits per heavy atom. The summed E-state index contributed by atoms with van der Waals surface area (Å²) in [4.78, 5) is 0. The smallest absolute Gasteiger partial charge is 0.294 e. The Balaban J connectivity index is 1.50. The monoisotopic (exact) mass is 418 g/mol. The minimum absolute atomic E-state index is 0.872. The summed E-state index contributed by atoms with van der Waals surface area (Å²) < 4.78 is 13.5. The standard InChI is InChI=1S/C30H26O2/c1-2-3-4-11-24-20-23-15-14-22-10-6-8-13-26(22)29(23)32-30(24)19-18-27-25-12-7-5-9-21(25)16-17-28(27)31-30/h5-10,12-20H,2-4,11H2,1H3. The average molecular weight is 419 g/mol. The zero-order valence-electron chi connectivity index (χ0n) is 18.3. The quantitative estimate of drug-likeness (QED) is 0.311. The Bertz CT molecular complexity index is 1390. The van der Waals surface area contributed by atoms with Gasteiger partial charge in [-0.15, -0.1) is 0 Å². The van der Waals surface area contributed by atoms with Crippen LogP contribution in [0.5, 0.6) is 11.5 Å². The van der Waals surface area contributed by atoms with E-state index < -0.39 is 5.79 Å². The third-order valence-electron chi connectivity index (χ3n) is 6.65. The van der Waals surface area contributed by atoms with Crippen LogP contribution < -0.4 is 9.47 Å². The fourth-order valence-electron chi connectivity index (χ4n) is 4.96. The van der Waals surface area contributed by atoms with Gasteiger partial charge in [-0.1, -0.05) is 86.5 Å². The third-order valence-corrected chi connectivity index (χ3v) is 6.65. The van der Waals surface area contributed by atoms with Crippen molar-refractivity contribution in [2.75, 3.05) is 0 Å². The number of rotatable bonds is 4. The number of ether oxygens (including phenoxy) is 2. The Labute approximate surface area is 188 Å². The molecule has 0 fully saturated rings. The van der Waals surface area contributed by atoms with Crippen LogP contribution in [0.25, 0.3) is 33.7 Å². The van der Waals surface area contributed by atoms with Crippen molar-refractivity contribution in [1.29, 1.82) is 0 Å². The van der Waals surface area contributed by atoms with Gasteiger partial charge in [0.05, 0.1) is 0 Å². The van der Waals surface area contributed by atoms with E-state index in [1.807, 2.05) is 0 Å². The van der Waals surface area contributed by atoms with E-state index in [1.165, 1.54) is 34.6 Å². The van der Waals surface area contributed by atoms with Gasteiger partial charge in [-0.2, -0.15) is 0 Å². The van der Waals surface area contributed by atoms with Gasteiger partial charge in [0, 0.05) is 28.2 Å². The minimum atomic E-state index is -0.902. The molecule has 2 heterocycles. The van der Waals surface area contributed by atoms with Crippen molar-refractivity contribution in [3.63, 3.8) is 0 Å². The zero-order valence-corrected chi connectivity index (χ0v) is 18.3. The summed E-state index contributed by atoms with van der Waals surface area (Å²) in [5.41, 5.74) is 3.43. The molecule has 4 aromatic rings. The molecule has 0 bridgehead atoms. The molecular formula is C30H26O2. The summed E-state index contributed by atoms with van der Waals surface area (Å²) in [5, 5.41) is 4.72. The molecule has 0 radical (unpaired) electrons. The van der Waals surface area contributed by atoms with Gasteiger partial charge in [0.25, 0.3) is 5.79 Å². The highest BCUT2D eigenvalue weighted by Crippen LogP contribution is 2.47. The molecule has 32 heavy (non-hydrogen) atoms. The summed E-state index contributed by atoms with van der Waals surface area (Å²) >= 11 is 0. The molecule has 1 spiro atoms. The van der Waals surface area contributed by atoms with E-state index in [0.717, 1.165) is 40.9 Å². The summed E-state index contributed by atoms with van der Waals surface area (Å²) in [6.07, 6.45) is 11.1. The molecule has 1 unspecified atom stereocenters. The maximum atomic E-state index is 6.81. The highest BCUT2D eigenvalue weighted by molar-refractivity contribution is 5.95. The second-order valence-corrected chi connectivity index (χ2v) is 8.74. The molecule has 6 rings (SSSR count). The zero-order chi connectivity index (χ0) is 21.5. The van der Waals surface area contributed by atoms with Crippen LogP contribution in [0, 0.1) is 0 Å². The van der Waals surface area contributed by atoms with E-state index in [4.69, 9.17) is 9.47 Å². The van der Waals surface area contributed by atoms with Crippen molar-refractivity contribution in [3.8, 4) is 11.5 Å². The summed E-state index contributed by atoms with van der Waals surface area (Å²) in [6, 6.07) is 25.4. The van der Waals surface area contributed by atoms with Crippen LogP contribution in [0.3, 0.4) is 0 Å². The second kappa shape index (κ2) is 7.56. The fraction of sp³-hybridized carbons (Fsp3) is 0.200. The molecule has 2 nitrogen and oxygen atoms in total. The predicted molar refractivity (Wildman–Crippen MR) is 133 cm³/mol. The SMILES string of the molecule is CCCCCC1=Cc2ccc3ccccc3c2OC12C=Cc1c(ccc3ccccc13)O2. The third kappa shape index (κ3) is 3.02. The molecule has 0 saturated heterocycles. The van der Waals surface area contributed by atoms with Crippen molar-refractivity contribution >= 4 is 33.7 Å². The number of hydrogen-bond acceptors (Lipinski definition) is 2. The van der Waals surface area contributed by atoms with Gasteiger partial charge in [-0.25, -0.2) is 0 Å². The Morgan fingerprint density at radius 2 is 1.50 bits per heavy atom. The first-order valence-corrected chi connectivity index (χ1v) is 11.6. The Hall–Kier alpha value is -3.52. The van der Waals surface area contributed by atoms with Gasteiger partial charge in [-0.3, -0.25) is 0 Å². The molecule has 0 amide bonds. The first-order valence-electron chi connectivity index (χ1n) is 11.6. The molecule has 0 N–H and O–H groups in total. The lowest BCUT2D eigenvalue weighted by atomic mass is 9.89. The van der Waals surface area contributed by atoms with Gasteiger partial charge in [0.15, 0.2) is 0 Å². The molecule has 2 aliphatic rings. The number of hydrogen-bond donors (Lipinski definition) is 0. The predicted octanol–water partition coefficient (Wildman–Crippen LogP) is 8.15. The van der Waals surface area contributed by atoms with Gasteiger partial charge in [-0.05, 0) is 47.2 Å². The van der Waals surface area contributed by atoms with E-state index in [-0.39, 0.29) is 0 Å². The second-order valence-electron chi connectivity index (χ2n) is 8.74. The van der Waals surface area contributed by atoms with E-state index in [9.17, 15) is 0 Å². The summed E-state index contributed by atoms with van der Waals surface area (Å²) in [7, 11) is 0. The van der Waals surface area contributed by atoms with Crippen LogP contribution in [-0.4, -0.2) is 5.79 Å². The maximum Gasteiger partial charge on any atom is 0.294 e. The number of unbranched alkanes of at least 4 members (excludes halogenated alkanes) is 2. The average Bonchev–Trinajstić information content (AvgIpc) is 2.84. The molecule has 0 aliphatic carbocycles. The van der Waals surface area contributed by atoms with Crippen LogP contribution in [0.15, 0.2) is 84.4 Å². The van der Waals surface area contributed by atoms with E-state index in [1.54, 1.807) is 0 Å². The Morgan fingerprint density at radius 3 is 2.34 bits per heavy atom. The first kappa shape index (κ1) is 19.2. The maximum absolute atomic E-state index is 6.81. The molecule has 1 atom stereocenters. The molecule has 158 valence electrons. The van der Waals surface area contributed by atoms with Crippen LogP contribution in [0.4, 0.5) is 0 Å². The highest BCUT2D eigenvalue weighted by Gasteiger charge is 2.42. The molecular weight excluding hydrogens is 392 g/mol. The summed E-state index contributed by atoms with van der Waals surface area (Å²) in [5.74, 6) is 0.868. The van der Waals surface area contributed by atoms with Gasteiger partial charge in [0.1, 0.15) is 11.5 Å². The fourth-order valence-corrected chi connectivity index (χ4v) is 4.96. The summed E-state index contributed by atoms with van der Waals surface area (Å²) in [6.45, 7) is 2.24. The molecule has 4 aromatic carbocycles. The normalized spacial score (nSPS) is 18.7. The Kier molecular flexibility index (Phi) is 4.53. The first-order chi connectivity index (χ1) is 15.8. The molecule has 2 heteroatoms. The van der Waals surface area contributed by atoms with E-state index >= 15 is 0 Å². The van der Waals surface area contributed by atoms with Gasteiger partial charge in [0.2, 0.25) is 0 Å². The lowest BCUT2D eigenvalue weighted by molar-refractivity contribution is -0.0426. The van der Waals surface area contributed by atoms with Crippen molar-refractivity contribution in [2.24, 2.45) is 0 Å². The van der Waals surface area contributed by atoms with Gasteiger partial charge >= 0.3 is 0 Å². The van der Waals surface area contributed by atoms with Crippen LogP contribution in [0.2, 0.25) is 0 Å². The van der Waals surface area contributed by atoms with E-state index in [0.29, 0.717) is 0 Å². The highest BCUT2D eigenvalue weighted by atomic mass is 16.7.